The summed E-state index contributed by atoms with van der Waals surface area (Å²) < 4.78 is 23.1. The van der Waals surface area contributed by atoms with Crippen LogP contribution in [-0.4, -0.2) is 68.5 Å². The molecule has 0 saturated carbocycles. The van der Waals surface area contributed by atoms with Gasteiger partial charge in [0, 0.05) is 6.42 Å². The van der Waals surface area contributed by atoms with Crippen LogP contribution in [0.4, 0.5) is 0 Å². The van der Waals surface area contributed by atoms with Crippen LogP contribution in [0.1, 0.15) is 181 Å². The highest BCUT2D eigenvalue weighted by atomic mass is 31.2. The van der Waals surface area contributed by atoms with Gasteiger partial charge in [0.1, 0.15) is 13.2 Å². The lowest BCUT2D eigenvalue weighted by Crippen LogP contribution is -2.45. The maximum Gasteiger partial charge on any atom is 0.268 e. The van der Waals surface area contributed by atoms with E-state index in [1.54, 1.807) is 6.08 Å². The third kappa shape index (κ3) is 37.1. The van der Waals surface area contributed by atoms with Crippen molar-refractivity contribution in [2.45, 2.75) is 193 Å². The van der Waals surface area contributed by atoms with Gasteiger partial charge in [-0.2, -0.15) is 0 Å². The predicted molar refractivity (Wildman–Crippen MR) is 219 cm³/mol. The van der Waals surface area contributed by atoms with E-state index in [1.807, 2.05) is 27.2 Å². The van der Waals surface area contributed by atoms with Crippen molar-refractivity contribution in [1.82, 2.24) is 5.32 Å². The van der Waals surface area contributed by atoms with Gasteiger partial charge in [-0.1, -0.05) is 153 Å². The molecule has 52 heavy (non-hydrogen) atoms. The van der Waals surface area contributed by atoms with E-state index in [-0.39, 0.29) is 12.5 Å². The Hall–Kier alpha value is -1.28. The van der Waals surface area contributed by atoms with Crippen LogP contribution in [-0.2, 0) is 18.4 Å². The molecule has 1 amide bonds. The number of phosphoric ester groups is 1. The normalized spacial score (nSPS) is 14.8. The van der Waals surface area contributed by atoms with E-state index in [0.717, 1.165) is 57.8 Å². The Morgan fingerprint density at radius 1 is 0.654 bits per heavy atom. The molecule has 0 bridgehead atoms. The molecule has 0 aliphatic carbocycles. The minimum Gasteiger partial charge on any atom is -0.756 e. The summed E-state index contributed by atoms with van der Waals surface area (Å²) in [5.74, 6) is -0.219. The lowest BCUT2D eigenvalue weighted by molar-refractivity contribution is -0.870. The number of aliphatic hydroxyl groups excluding tert-OH is 1. The van der Waals surface area contributed by atoms with Crippen LogP contribution in [0.3, 0.4) is 0 Å². The molecule has 2 N–H and O–H groups in total. The number of quaternary nitrogens is 1. The van der Waals surface area contributed by atoms with Gasteiger partial charge >= 0.3 is 0 Å². The van der Waals surface area contributed by atoms with Crippen LogP contribution >= 0.6 is 7.82 Å². The van der Waals surface area contributed by atoms with Gasteiger partial charge in [0.2, 0.25) is 5.91 Å². The summed E-state index contributed by atoms with van der Waals surface area (Å²) in [6, 6.07) is -0.904. The summed E-state index contributed by atoms with van der Waals surface area (Å²) in [5.41, 5.74) is 0. The van der Waals surface area contributed by atoms with E-state index in [4.69, 9.17) is 9.05 Å². The molecular formula is C43H83N2O6P. The van der Waals surface area contributed by atoms with Crippen molar-refractivity contribution < 1.29 is 32.9 Å². The predicted octanol–water partition coefficient (Wildman–Crippen LogP) is 10.9. The topological polar surface area (TPSA) is 108 Å². The van der Waals surface area contributed by atoms with Crippen molar-refractivity contribution in [2.75, 3.05) is 40.9 Å². The molecule has 0 aromatic carbocycles. The number of phosphoric acid groups is 1. The van der Waals surface area contributed by atoms with Crippen LogP contribution in [0.25, 0.3) is 0 Å². The lowest BCUT2D eigenvalue weighted by Gasteiger charge is -2.29. The molecule has 0 aromatic rings. The average molecular weight is 755 g/mol. The largest absolute Gasteiger partial charge is 0.756 e. The number of nitrogens with one attached hydrogen (secondary N) is 1. The zero-order valence-electron chi connectivity index (χ0n) is 34.5. The molecule has 0 aromatic heterocycles. The van der Waals surface area contributed by atoms with E-state index in [2.05, 4.69) is 43.5 Å². The zero-order valence-corrected chi connectivity index (χ0v) is 35.4. The molecule has 0 spiro atoms. The van der Waals surface area contributed by atoms with E-state index in [9.17, 15) is 19.4 Å². The smallest absolute Gasteiger partial charge is 0.268 e. The molecule has 3 atom stereocenters. The maximum atomic E-state index is 12.8. The number of rotatable bonds is 38. The second-order valence-electron chi connectivity index (χ2n) is 15.7. The first-order valence-electron chi connectivity index (χ1n) is 21.4. The van der Waals surface area contributed by atoms with Gasteiger partial charge in [-0.15, -0.1) is 0 Å². The van der Waals surface area contributed by atoms with Gasteiger partial charge < -0.3 is 28.8 Å². The molecule has 0 aliphatic rings. The maximum absolute atomic E-state index is 12.8. The van der Waals surface area contributed by atoms with Crippen molar-refractivity contribution in [3.8, 4) is 0 Å². The first-order valence-corrected chi connectivity index (χ1v) is 22.8. The minimum atomic E-state index is -4.59. The first-order chi connectivity index (χ1) is 25.0. The van der Waals surface area contributed by atoms with Crippen LogP contribution in [0.5, 0.6) is 0 Å². The SMILES string of the molecule is CCCCC/C=C\CCCCCCCC(=O)NC(COP(=O)([O-])OCC[N+](C)(C)C)C(O)/C=C/CC/C=C/CCCCCCCCCCCCCC. The fourth-order valence-corrected chi connectivity index (χ4v) is 6.59. The van der Waals surface area contributed by atoms with Gasteiger partial charge in [-0.25, -0.2) is 0 Å². The first kappa shape index (κ1) is 50.7. The molecule has 0 rings (SSSR count). The second-order valence-corrected chi connectivity index (χ2v) is 17.1. The molecule has 3 unspecified atom stereocenters. The summed E-state index contributed by atoms with van der Waals surface area (Å²) in [5, 5.41) is 13.7. The van der Waals surface area contributed by atoms with E-state index >= 15 is 0 Å². The van der Waals surface area contributed by atoms with Crippen molar-refractivity contribution >= 4 is 13.7 Å². The van der Waals surface area contributed by atoms with E-state index in [1.165, 1.54) is 103 Å². The third-order valence-electron chi connectivity index (χ3n) is 9.32. The Bertz CT molecular complexity index is 948. The fourth-order valence-electron chi connectivity index (χ4n) is 5.87. The summed E-state index contributed by atoms with van der Waals surface area (Å²) in [6.45, 7) is 4.58. The van der Waals surface area contributed by atoms with Crippen LogP contribution in [0.2, 0.25) is 0 Å². The number of hydrogen-bond acceptors (Lipinski definition) is 6. The molecule has 306 valence electrons. The number of likely N-dealkylation sites (N-methyl/N-ethyl adjacent to an activating group) is 1. The highest BCUT2D eigenvalue weighted by Crippen LogP contribution is 2.38. The molecule has 8 nitrogen and oxygen atoms in total. The fraction of sp³-hybridized carbons (Fsp3) is 0.837. The van der Waals surface area contributed by atoms with Crippen molar-refractivity contribution in [2.24, 2.45) is 0 Å². The van der Waals surface area contributed by atoms with Crippen LogP contribution in [0.15, 0.2) is 36.5 Å². The number of nitrogens with zero attached hydrogens (tertiary/aromatic N) is 1. The standard InChI is InChI=1S/C43H83N2O6P/c1-6-8-10-12-14-16-18-20-21-22-23-24-25-26-28-30-32-34-36-42(46)41(40-51-52(48,49)50-39-38-45(3,4)5)44-43(47)37-35-33-31-29-27-19-17-15-13-11-9-7-2/h15,17,26,28,34,36,41-42,46H,6-14,16,18-25,27,29-33,35,37-40H2,1-5H3,(H-,44,47,48,49)/b17-15-,28-26+,36-34+. The number of carbonyl (C=O) groups excluding carboxylic acids is 1. The zero-order chi connectivity index (χ0) is 38.6. The number of unbranched alkanes of at least 4 members (excludes halogenated alkanes) is 21. The summed E-state index contributed by atoms with van der Waals surface area (Å²) >= 11 is 0. The minimum absolute atomic E-state index is 0.00810. The Morgan fingerprint density at radius 2 is 1.08 bits per heavy atom. The van der Waals surface area contributed by atoms with Crippen molar-refractivity contribution in [1.29, 1.82) is 0 Å². The van der Waals surface area contributed by atoms with Gasteiger partial charge in [0.05, 0.1) is 39.9 Å². The van der Waals surface area contributed by atoms with Crippen LogP contribution in [0, 0.1) is 0 Å². The van der Waals surface area contributed by atoms with Gasteiger partial charge in [0.25, 0.3) is 7.82 Å². The summed E-state index contributed by atoms with van der Waals surface area (Å²) in [6.07, 6.45) is 41.9. The molecule has 9 heteroatoms. The second kappa shape index (κ2) is 35.4. The monoisotopic (exact) mass is 755 g/mol. The number of amides is 1. The Labute approximate surface area is 321 Å². The van der Waals surface area contributed by atoms with Gasteiger partial charge in [-0.3, -0.25) is 9.36 Å². The molecular weight excluding hydrogens is 671 g/mol. The number of hydrogen-bond donors (Lipinski definition) is 2. The highest BCUT2D eigenvalue weighted by Gasteiger charge is 2.23. The molecule has 0 saturated heterocycles. The molecule has 0 radical (unpaired) electrons. The van der Waals surface area contributed by atoms with Gasteiger partial charge in [0.15, 0.2) is 0 Å². The summed E-state index contributed by atoms with van der Waals surface area (Å²) in [7, 11) is 1.23. The number of allylic oxidation sites excluding steroid dienone is 5. The number of aliphatic hydroxyl groups is 1. The lowest BCUT2D eigenvalue weighted by atomic mass is 10.0. The third-order valence-corrected chi connectivity index (χ3v) is 10.3. The van der Waals surface area contributed by atoms with Crippen molar-refractivity contribution in [3.63, 3.8) is 0 Å². The quantitative estimate of drug-likeness (QED) is 0.0281. The average Bonchev–Trinajstić information content (AvgIpc) is 3.09. The Balaban J connectivity index is 4.51. The highest BCUT2D eigenvalue weighted by molar-refractivity contribution is 7.45. The summed E-state index contributed by atoms with van der Waals surface area (Å²) in [4.78, 5) is 25.2. The van der Waals surface area contributed by atoms with Crippen LogP contribution < -0.4 is 10.2 Å². The number of carbonyl (C=O) groups is 1. The molecule has 0 heterocycles. The Morgan fingerprint density at radius 3 is 1.60 bits per heavy atom. The van der Waals surface area contributed by atoms with Crippen molar-refractivity contribution in [3.05, 3.63) is 36.5 Å². The van der Waals surface area contributed by atoms with Gasteiger partial charge in [-0.05, 0) is 57.8 Å². The molecule has 0 aliphatic heterocycles. The molecule has 0 fully saturated rings. The Kier molecular flexibility index (Phi) is 34.6. The van der Waals surface area contributed by atoms with E-state index < -0.39 is 26.6 Å². The van der Waals surface area contributed by atoms with E-state index in [0.29, 0.717) is 17.4 Å².